The van der Waals surface area contributed by atoms with E-state index < -0.39 is 5.54 Å². The van der Waals surface area contributed by atoms with Crippen molar-refractivity contribution in [3.63, 3.8) is 0 Å². The molecule has 0 saturated heterocycles. The Morgan fingerprint density at radius 3 is 2.44 bits per heavy atom. The van der Waals surface area contributed by atoms with Crippen molar-refractivity contribution in [3.8, 4) is 0 Å². The van der Waals surface area contributed by atoms with E-state index in [1.54, 1.807) is 12.1 Å². The fourth-order valence-electron chi connectivity index (χ4n) is 2.82. The summed E-state index contributed by atoms with van der Waals surface area (Å²) >= 11 is 0. The Labute approximate surface area is 105 Å². The maximum Gasteiger partial charge on any atom is 0.262 e. The molecule has 1 heterocycles. The SMILES string of the molecule is Cc1ccc2c(c1)C(=O)N(C1(CO)CCC1)C2=O. The minimum atomic E-state index is -0.652. The number of aliphatic hydroxyl groups excluding tert-OH is 1. The van der Waals surface area contributed by atoms with Gasteiger partial charge in [-0.2, -0.15) is 0 Å². The molecule has 1 aliphatic carbocycles. The second kappa shape index (κ2) is 3.65. The predicted octanol–water partition coefficient (Wildman–Crippen LogP) is 1.51. The smallest absolute Gasteiger partial charge is 0.262 e. The van der Waals surface area contributed by atoms with Crippen LogP contribution in [-0.4, -0.2) is 34.0 Å². The summed E-state index contributed by atoms with van der Waals surface area (Å²) in [7, 11) is 0. The van der Waals surface area contributed by atoms with Crippen molar-refractivity contribution in [1.82, 2.24) is 4.90 Å². The molecule has 2 aliphatic rings. The summed E-state index contributed by atoms with van der Waals surface area (Å²) < 4.78 is 0. The molecule has 1 aromatic rings. The first-order valence-electron chi connectivity index (χ1n) is 6.19. The summed E-state index contributed by atoms with van der Waals surface area (Å²) in [6.45, 7) is 1.75. The van der Waals surface area contributed by atoms with Gasteiger partial charge in [0.25, 0.3) is 11.8 Å². The predicted molar refractivity (Wildman–Crippen MR) is 65.3 cm³/mol. The van der Waals surface area contributed by atoms with Crippen LogP contribution in [0.5, 0.6) is 0 Å². The van der Waals surface area contributed by atoms with Gasteiger partial charge in [-0.05, 0) is 38.3 Å². The first-order chi connectivity index (χ1) is 8.59. The van der Waals surface area contributed by atoms with Crippen LogP contribution in [0.1, 0.15) is 45.5 Å². The molecule has 0 radical (unpaired) electrons. The zero-order valence-corrected chi connectivity index (χ0v) is 10.3. The molecule has 4 nitrogen and oxygen atoms in total. The summed E-state index contributed by atoms with van der Waals surface area (Å²) in [5.41, 5.74) is 1.25. The van der Waals surface area contributed by atoms with Crippen LogP contribution in [0, 0.1) is 6.92 Å². The molecular weight excluding hydrogens is 230 g/mol. The van der Waals surface area contributed by atoms with Crippen molar-refractivity contribution in [2.24, 2.45) is 0 Å². The zero-order valence-electron chi connectivity index (χ0n) is 10.3. The minimum Gasteiger partial charge on any atom is -0.394 e. The van der Waals surface area contributed by atoms with Crippen LogP contribution in [0.4, 0.5) is 0 Å². The van der Waals surface area contributed by atoms with E-state index in [9.17, 15) is 14.7 Å². The minimum absolute atomic E-state index is 0.141. The number of nitrogens with zero attached hydrogens (tertiary/aromatic N) is 1. The molecule has 18 heavy (non-hydrogen) atoms. The second-order valence-corrected chi connectivity index (χ2v) is 5.23. The number of aliphatic hydroxyl groups is 1. The lowest BCUT2D eigenvalue weighted by Crippen LogP contribution is -2.58. The van der Waals surface area contributed by atoms with Crippen LogP contribution < -0.4 is 0 Å². The Balaban J connectivity index is 2.07. The highest BCUT2D eigenvalue weighted by Gasteiger charge is 2.51. The maximum absolute atomic E-state index is 12.4. The van der Waals surface area contributed by atoms with Gasteiger partial charge in [0.05, 0.1) is 23.3 Å². The highest BCUT2D eigenvalue weighted by Crippen LogP contribution is 2.41. The molecule has 0 atom stereocenters. The summed E-state index contributed by atoms with van der Waals surface area (Å²) in [4.78, 5) is 25.9. The van der Waals surface area contributed by atoms with Gasteiger partial charge in [-0.3, -0.25) is 14.5 Å². The van der Waals surface area contributed by atoms with Crippen molar-refractivity contribution < 1.29 is 14.7 Å². The third kappa shape index (κ3) is 1.29. The number of imide groups is 1. The maximum atomic E-state index is 12.4. The molecule has 1 fully saturated rings. The fraction of sp³-hybridized carbons (Fsp3) is 0.429. The van der Waals surface area contributed by atoms with Crippen LogP contribution in [0.2, 0.25) is 0 Å². The number of carbonyl (C=O) groups excluding carboxylic acids is 2. The molecule has 3 rings (SSSR count). The number of amides is 2. The van der Waals surface area contributed by atoms with E-state index >= 15 is 0 Å². The monoisotopic (exact) mass is 245 g/mol. The number of benzene rings is 1. The molecular formula is C14H15NO3. The highest BCUT2D eigenvalue weighted by atomic mass is 16.3. The van der Waals surface area contributed by atoms with Gasteiger partial charge in [0.1, 0.15) is 0 Å². The van der Waals surface area contributed by atoms with Gasteiger partial charge in [0, 0.05) is 0 Å². The number of hydrogen-bond donors (Lipinski definition) is 1. The summed E-state index contributed by atoms with van der Waals surface area (Å²) in [5.74, 6) is -0.517. The van der Waals surface area contributed by atoms with Crippen molar-refractivity contribution >= 4 is 11.8 Å². The Hall–Kier alpha value is -1.68. The third-order valence-electron chi connectivity index (χ3n) is 4.09. The number of rotatable bonds is 2. The number of carbonyl (C=O) groups is 2. The molecule has 0 unspecified atom stereocenters. The lowest BCUT2D eigenvalue weighted by atomic mass is 9.76. The summed E-state index contributed by atoms with van der Waals surface area (Å²) in [6, 6.07) is 5.29. The molecule has 1 saturated carbocycles. The van der Waals surface area contributed by atoms with E-state index in [1.165, 1.54) is 4.90 Å². The molecule has 1 N–H and O–H groups in total. The van der Waals surface area contributed by atoms with Gasteiger partial charge in [0.15, 0.2) is 0 Å². The van der Waals surface area contributed by atoms with E-state index in [-0.39, 0.29) is 18.4 Å². The average Bonchev–Trinajstić information content (AvgIpc) is 2.54. The van der Waals surface area contributed by atoms with Gasteiger partial charge >= 0.3 is 0 Å². The lowest BCUT2D eigenvalue weighted by Gasteiger charge is -2.46. The molecule has 2 amide bonds. The number of aryl methyl sites for hydroxylation is 1. The average molecular weight is 245 g/mol. The number of fused-ring (bicyclic) bond motifs is 1. The molecule has 0 bridgehead atoms. The Morgan fingerprint density at radius 1 is 1.22 bits per heavy atom. The topological polar surface area (TPSA) is 57.6 Å². The van der Waals surface area contributed by atoms with Gasteiger partial charge in [-0.15, -0.1) is 0 Å². The molecule has 94 valence electrons. The molecule has 1 aliphatic heterocycles. The molecule has 0 aromatic heterocycles. The Kier molecular flexibility index (Phi) is 2.32. The first-order valence-corrected chi connectivity index (χ1v) is 6.19. The van der Waals surface area contributed by atoms with Gasteiger partial charge in [-0.25, -0.2) is 0 Å². The fourth-order valence-corrected chi connectivity index (χ4v) is 2.82. The summed E-state index contributed by atoms with van der Waals surface area (Å²) in [5, 5.41) is 9.52. The van der Waals surface area contributed by atoms with Crippen LogP contribution in [0.3, 0.4) is 0 Å². The lowest BCUT2D eigenvalue weighted by molar-refractivity contribution is -0.00643. The van der Waals surface area contributed by atoms with Crippen LogP contribution in [0.25, 0.3) is 0 Å². The quantitative estimate of drug-likeness (QED) is 0.803. The van der Waals surface area contributed by atoms with E-state index in [1.807, 2.05) is 13.0 Å². The van der Waals surface area contributed by atoms with E-state index in [4.69, 9.17) is 0 Å². The zero-order chi connectivity index (χ0) is 12.9. The Morgan fingerprint density at radius 2 is 1.89 bits per heavy atom. The molecule has 1 aromatic carbocycles. The molecule has 4 heteroatoms. The van der Waals surface area contributed by atoms with Crippen LogP contribution >= 0.6 is 0 Å². The standard InChI is InChI=1S/C14H15NO3/c1-9-3-4-10-11(7-9)13(18)15(12(10)17)14(8-16)5-2-6-14/h3-4,7,16H,2,5-6,8H2,1H3. The highest BCUT2D eigenvalue weighted by molar-refractivity contribution is 6.22. The second-order valence-electron chi connectivity index (χ2n) is 5.23. The van der Waals surface area contributed by atoms with Crippen LogP contribution in [0.15, 0.2) is 18.2 Å². The van der Waals surface area contributed by atoms with Gasteiger partial charge < -0.3 is 5.11 Å². The first kappa shape index (κ1) is 11.4. The van der Waals surface area contributed by atoms with Crippen molar-refractivity contribution in [1.29, 1.82) is 0 Å². The Bertz CT molecular complexity index is 540. The van der Waals surface area contributed by atoms with Gasteiger partial charge in [0.2, 0.25) is 0 Å². The largest absolute Gasteiger partial charge is 0.394 e. The molecule has 0 spiro atoms. The van der Waals surface area contributed by atoms with Crippen molar-refractivity contribution in [2.75, 3.05) is 6.61 Å². The normalized spacial score (nSPS) is 20.9. The van der Waals surface area contributed by atoms with Gasteiger partial charge in [-0.1, -0.05) is 11.6 Å². The van der Waals surface area contributed by atoms with E-state index in [0.29, 0.717) is 24.0 Å². The van der Waals surface area contributed by atoms with E-state index in [2.05, 4.69) is 0 Å². The van der Waals surface area contributed by atoms with Crippen LogP contribution in [-0.2, 0) is 0 Å². The van der Waals surface area contributed by atoms with E-state index in [0.717, 1.165) is 12.0 Å². The van der Waals surface area contributed by atoms with Crippen molar-refractivity contribution in [2.45, 2.75) is 31.7 Å². The number of hydrogen-bond acceptors (Lipinski definition) is 3. The summed E-state index contributed by atoms with van der Waals surface area (Å²) in [6.07, 6.45) is 2.36. The third-order valence-corrected chi connectivity index (χ3v) is 4.09. The van der Waals surface area contributed by atoms with Crippen molar-refractivity contribution in [3.05, 3.63) is 34.9 Å².